The molecule has 0 radical (unpaired) electrons. The van der Waals surface area contributed by atoms with Crippen LogP contribution < -0.4 is 5.73 Å². The van der Waals surface area contributed by atoms with E-state index in [2.05, 4.69) is 40.0 Å². The molecule has 108 valence electrons. The Morgan fingerprint density at radius 3 is 2.85 bits per heavy atom. The highest BCUT2D eigenvalue weighted by molar-refractivity contribution is 5.13. The standard InChI is InChI=1S/C16H24N4/c1-13(17)10-14-6-8-19(11-14)12-15-7-9-20(18-15)16-4-2-3-5-16/h6-9,11,13,16H,2-5,10,12,17H2,1H3. The van der Waals surface area contributed by atoms with Gasteiger partial charge in [-0.1, -0.05) is 12.8 Å². The van der Waals surface area contributed by atoms with E-state index >= 15 is 0 Å². The van der Waals surface area contributed by atoms with Gasteiger partial charge in [0.15, 0.2) is 0 Å². The van der Waals surface area contributed by atoms with E-state index in [1.807, 2.05) is 6.92 Å². The van der Waals surface area contributed by atoms with E-state index in [0.717, 1.165) is 18.7 Å². The third kappa shape index (κ3) is 3.12. The lowest BCUT2D eigenvalue weighted by atomic mass is 10.1. The van der Waals surface area contributed by atoms with E-state index in [9.17, 15) is 0 Å². The van der Waals surface area contributed by atoms with Gasteiger partial charge in [0.1, 0.15) is 0 Å². The maximum atomic E-state index is 5.83. The van der Waals surface area contributed by atoms with Crippen molar-refractivity contribution in [3.05, 3.63) is 42.0 Å². The van der Waals surface area contributed by atoms with Gasteiger partial charge in [0, 0.05) is 24.6 Å². The predicted molar refractivity (Wildman–Crippen MR) is 80.6 cm³/mol. The lowest BCUT2D eigenvalue weighted by Crippen LogP contribution is -2.17. The predicted octanol–water partition coefficient (Wildman–Crippen LogP) is 2.74. The van der Waals surface area contributed by atoms with Crippen LogP contribution in [-0.4, -0.2) is 20.4 Å². The monoisotopic (exact) mass is 272 g/mol. The molecule has 1 saturated carbocycles. The van der Waals surface area contributed by atoms with Crippen molar-refractivity contribution >= 4 is 0 Å². The molecule has 2 aromatic heterocycles. The maximum Gasteiger partial charge on any atom is 0.0821 e. The summed E-state index contributed by atoms with van der Waals surface area (Å²) in [5, 5.41) is 4.73. The van der Waals surface area contributed by atoms with Crippen molar-refractivity contribution < 1.29 is 0 Å². The topological polar surface area (TPSA) is 48.8 Å². The minimum absolute atomic E-state index is 0.215. The van der Waals surface area contributed by atoms with Gasteiger partial charge >= 0.3 is 0 Å². The molecule has 0 saturated heterocycles. The quantitative estimate of drug-likeness (QED) is 0.910. The van der Waals surface area contributed by atoms with Crippen LogP contribution in [0.4, 0.5) is 0 Å². The molecular weight excluding hydrogens is 248 g/mol. The fourth-order valence-corrected chi connectivity index (χ4v) is 3.10. The molecule has 2 aromatic rings. The Kier molecular flexibility index (Phi) is 3.92. The maximum absolute atomic E-state index is 5.83. The summed E-state index contributed by atoms with van der Waals surface area (Å²) in [6.45, 7) is 2.89. The van der Waals surface area contributed by atoms with Crippen LogP contribution >= 0.6 is 0 Å². The van der Waals surface area contributed by atoms with E-state index in [1.165, 1.54) is 31.2 Å². The molecule has 1 fully saturated rings. The zero-order valence-corrected chi connectivity index (χ0v) is 12.2. The summed E-state index contributed by atoms with van der Waals surface area (Å²) >= 11 is 0. The average Bonchev–Trinajstić information content (AvgIpc) is 3.09. The number of aromatic nitrogens is 3. The Morgan fingerprint density at radius 2 is 2.10 bits per heavy atom. The molecular formula is C16H24N4. The molecule has 2 N–H and O–H groups in total. The molecule has 0 amide bonds. The molecule has 1 unspecified atom stereocenters. The highest BCUT2D eigenvalue weighted by atomic mass is 15.3. The summed E-state index contributed by atoms with van der Waals surface area (Å²) in [4.78, 5) is 0. The van der Waals surface area contributed by atoms with Crippen LogP contribution in [0.3, 0.4) is 0 Å². The minimum atomic E-state index is 0.215. The number of hydrogen-bond acceptors (Lipinski definition) is 2. The van der Waals surface area contributed by atoms with Crippen molar-refractivity contribution in [3.63, 3.8) is 0 Å². The smallest absolute Gasteiger partial charge is 0.0821 e. The number of hydrogen-bond donors (Lipinski definition) is 1. The molecule has 4 heteroatoms. The molecule has 1 atom stereocenters. The van der Waals surface area contributed by atoms with E-state index in [1.54, 1.807) is 0 Å². The normalized spacial score (nSPS) is 17.7. The lowest BCUT2D eigenvalue weighted by molar-refractivity contribution is 0.461. The van der Waals surface area contributed by atoms with E-state index < -0.39 is 0 Å². The van der Waals surface area contributed by atoms with Gasteiger partial charge in [-0.05, 0) is 43.9 Å². The molecule has 0 spiro atoms. The Hall–Kier alpha value is -1.55. The zero-order chi connectivity index (χ0) is 13.9. The lowest BCUT2D eigenvalue weighted by Gasteiger charge is -2.08. The SMILES string of the molecule is CC(N)Cc1ccn(Cc2ccn(C3CCCC3)n2)c1. The van der Waals surface area contributed by atoms with Gasteiger partial charge in [0.2, 0.25) is 0 Å². The van der Waals surface area contributed by atoms with Crippen LogP contribution in [0.15, 0.2) is 30.7 Å². The van der Waals surface area contributed by atoms with Crippen LogP contribution in [0, 0.1) is 0 Å². The second-order valence-corrected chi connectivity index (χ2v) is 6.10. The molecule has 2 heterocycles. The first kappa shape index (κ1) is 13.4. The second kappa shape index (κ2) is 5.83. The van der Waals surface area contributed by atoms with Gasteiger partial charge in [0.05, 0.1) is 18.3 Å². The van der Waals surface area contributed by atoms with Gasteiger partial charge in [-0.3, -0.25) is 4.68 Å². The first-order valence-electron chi connectivity index (χ1n) is 7.65. The Balaban J connectivity index is 1.64. The molecule has 0 aromatic carbocycles. The van der Waals surface area contributed by atoms with Crippen LogP contribution in [0.5, 0.6) is 0 Å². The summed E-state index contributed by atoms with van der Waals surface area (Å²) in [6.07, 6.45) is 12.6. The molecule has 3 rings (SSSR count). The van der Waals surface area contributed by atoms with Gasteiger partial charge in [-0.15, -0.1) is 0 Å². The largest absolute Gasteiger partial charge is 0.348 e. The highest BCUT2D eigenvalue weighted by Crippen LogP contribution is 2.28. The number of rotatable bonds is 5. The number of nitrogens with zero attached hydrogens (tertiary/aromatic N) is 3. The zero-order valence-electron chi connectivity index (χ0n) is 12.2. The number of nitrogens with two attached hydrogens (primary N) is 1. The Morgan fingerprint density at radius 1 is 1.30 bits per heavy atom. The van der Waals surface area contributed by atoms with Crippen molar-refractivity contribution in [2.75, 3.05) is 0 Å². The summed E-state index contributed by atoms with van der Waals surface area (Å²) in [7, 11) is 0. The first-order valence-corrected chi connectivity index (χ1v) is 7.65. The van der Waals surface area contributed by atoms with Crippen molar-refractivity contribution in [1.82, 2.24) is 14.3 Å². The molecule has 4 nitrogen and oxygen atoms in total. The fraction of sp³-hybridized carbons (Fsp3) is 0.562. The minimum Gasteiger partial charge on any atom is -0.348 e. The van der Waals surface area contributed by atoms with Crippen LogP contribution in [0.2, 0.25) is 0 Å². The Bertz CT molecular complexity index is 546. The third-order valence-electron chi connectivity index (χ3n) is 4.08. The van der Waals surface area contributed by atoms with Gasteiger partial charge < -0.3 is 10.3 Å². The summed E-state index contributed by atoms with van der Waals surface area (Å²) in [5.41, 5.74) is 8.27. The summed E-state index contributed by atoms with van der Waals surface area (Å²) in [5.74, 6) is 0. The highest BCUT2D eigenvalue weighted by Gasteiger charge is 2.17. The Labute approximate surface area is 120 Å². The molecule has 0 aliphatic heterocycles. The second-order valence-electron chi connectivity index (χ2n) is 6.10. The van der Waals surface area contributed by atoms with Crippen LogP contribution in [-0.2, 0) is 13.0 Å². The van der Waals surface area contributed by atoms with Crippen molar-refractivity contribution in [3.8, 4) is 0 Å². The van der Waals surface area contributed by atoms with Gasteiger partial charge in [-0.25, -0.2) is 0 Å². The van der Waals surface area contributed by atoms with Crippen LogP contribution in [0.1, 0.15) is 49.9 Å². The molecule has 1 aliphatic carbocycles. The van der Waals surface area contributed by atoms with Gasteiger partial charge in [0.25, 0.3) is 0 Å². The third-order valence-corrected chi connectivity index (χ3v) is 4.08. The van der Waals surface area contributed by atoms with E-state index in [4.69, 9.17) is 10.8 Å². The first-order chi connectivity index (χ1) is 9.70. The van der Waals surface area contributed by atoms with E-state index in [0.29, 0.717) is 6.04 Å². The molecule has 1 aliphatic rings. The average molecular weight is 272 g/mol. The van der Waals surface area contributed by atoms with Crippen molar-refractivity contribution in [1.29, 1.82) is 0 Å². The summed E-state index contributed by atoms with van der Waals surface area (Å²) < 4.78 is 4.35. The molecule has 0 bridgehead atoms. The van der Waals surface area contributed by atoms with Crippen molar-refractivity contribution in [2.24, 2.45) is 5.73 Å². The van der Waals surface area contributed by atoms with E-state index in [-0.39, 0.29) is 6.04 Å². The fourth-order valence-electron chi connectivity index (χ4n) is 3.10. The van der Waals surface area contributed by atoms with Crippen LogP contribution in [0.25, 0.3) is 0 Å². The van der Waals surface area contributed by atoms with Crippen molar-refractivity contribution in [2.45, 2.75) is 57.7 Å². The van der Waals surface area contributed by atoms with Gasteiger partial charge in [-0.2, -0.15) is 5.10 Å². The summed E-state index contributed by atoms with van der Waals surface area (Å²) in [6, 6.07) is 5.13. The molecule has 20 heavy (non-hydrogen) atoms.